The molecule has 0 amide bonds. The highest BCUT2D eigenvalue weighted by Crippen LogP contribution is 2.64. The molecule has 0 aliphatic heterocycles. The Hall–Kier alpha value is -2.94. The number of non-ortho nitro benzene ring substituents is 1. The molecule has 3 aromatic carbocycles. The lowest BCUT2D eigenvalue weighted by molar-refractivity contribution is -0.384. The maximum Gasteiger partial charge on any atom is 0.269 e. The van der Waals surface area contributed by atoms with Gasteiger partial charge in [-0.05, 0) is 29.0 Å². The predicted octanol–water partition coefficient (Wildman–Crippen LogP) is 5.07. The largest absolute Gasteiger partial charge is 0.269 e. The van der Waals surface area contributed by atoms with Crippen LogP contribution >= 0.6 is 0 Å². The van der Waals surface area contributed by atoms with E-state index in [1.54, 1.807) is 12.1 Å². The highest BCUT2D eigenvalue weighted by atomic mass is 16.6. The number of nitro groups is 1. The van der Waals surface area contributed by atoms with E-state index in [9.17, 15) is 10.1 Å². The van der Waals surface area contributed by atoms with Crippen molar-refractivity contribution in [3.8, 4) is 0 Å². The van der Waals surface area contributed by atoms with E-state index in [-0.39, 0.29) is 16.0 Å². The third-order valence-corrected chi connectivity index (χ3v) is 5.04. The Balaban J connectivity index is 1.80. The number of benzene rings is 3. The number of hydrogen-bond acceptors (Lipinski definition) is 2. The second-order valence-corrected chi connectivity index (χ2v) is 6.31. The van der Waals surface area contributed by atoms with Crippen molar-refractivity contribution in [1.82, 2.24) is 0 Å². The number of rotatable bonds is 4. The third-order valence-electron chi connectivity index (χ3n) is 5.04. The van der Waals surface area contributed by atoms with Crippen LogP contribution in [0.15, 0.2) is 84.9 Å². The lowest BCUT2D eigenvalue weighted by Gasteiger charge is -2.19. The monoisotopic (exact) mass is 315 g/mol. The summed E-state index contributed by atoms with van der Waals surface area (Å²) >= 11 is 0. The summed E-state index contributed by atoms with van der Waals surface area (Å²) in [6.07, 6.45) is 1.03. The zero-order valence-electron chi connectivity index (χ0n) is 13.1. The van der Waals surface area contributed by atoms with Crippen LogP contribution in [0.4, 0.5) is 5.69 Å². The van der Waals surface area contributed by atoms with Gasteiger partial charge in [0.15, 0.2) is 0 Å². The van der Waals surface area contributed by atoms with Gasteiger partial charge in [-0.25, -0.2) is 0 Å². The van der Waals surface area contributed by atoms with E-state index in [1.807, 2.05) is 24.3 Å². The van der Waals surface area contributed by atoms with Crippen molar-refractivity contribution in [1.29, 1.82) is 0 Å². The van der Waals surface area contributed by atoms with Gasteiger partial charge < -0.3 is 0 Å². The lowest BCUT2D eigenvalue weighted by Crippen LogP contribution is -2.12. The molecule has 2 atom stereocenters. The van der Waals surface area contributed by atoms with Crippen molar-refractivity contribution in [3.63, 3.8) is 0 Å². The molecular formula is C21H17NO2. The molecule has 4 rings (SSSR count). The second kappa shape index (κ2) is 5.60. The normalized spacial score (nSPS) is 22.1. The molecular weight excluding hydrogens is 298 g/mol. The highest BCUT2D eigenvalue weighted by Gasteiger charge is 2.56. The summed E-state index contributed by atoms with van der Waals surface area (Å²) in [4.78, 5) is 10.6. The minimum atomic E-state index is -0.347. The Morgan fingerprint density at radius 2 is 1.33 bits per heavy atom. The van der Waals surface area contributed by atoms with Crippen LogP contribution in [0.2, 0.25) is 0 Å². The lowest BCUT2D eigenvalue weighted by atomic mass is 9.84. The summed E-state index contributed by atoms with van der Waals surface area (Å²) in [5, 5.41) is 10.9. The molecule has 1 saturated carbocycles. The number of nitro benzene ring substituents is 1. The summed E-state index contributed by atoms with van der Waals surface area (Å²) in [5.74, 6) is 0.405. The molecule has 0 heterocycles. The quantitative estimate of drug-likeness (QED) is 0.498. The Labute approximate surface area is 140 Å². The van der Waals surface area contributed by atoms with Crippen molar-refractivity contribution >= 4 is 5.69 Å². The summed E-state index contributed by atoms with van der Waals surface area (Å²) in [7, 11) is 0. The number of hydrogen-bond donors (Lipinski definition) is 0. The van der Waals surface area contributed by atoms with Gasteiger partial charge in [-0.2, -0.15) is 0 Å². The van der Waals surface area contributed by atoms with Gasteiger partial charge in [0.1, 0.15) is 0 Å². The van der Waals surface area contributed by atoms with Crippen LogP contribution < -0.4 is 0 Å². The van der Waals surface area contributed by atoms with Crippen LogP contribution in [-0.2, 0) is 5.41 Å². The Morgan fingerprint density at radius 3 is 1.92 bits per heavy atom. The van der Waals surface area contributed by atoms with Gasteiger partial charge in [0, 0.05) is 17.5 Å². The smallest absolute Gasteiger partial charge is 0.258 e. The molecule has 0 unspecified atom stereocenters. The first-order chi connectivity index (χ1) is 11.7. The van der Waals surface area contributed by atoms with Gasteiger partial charge in [-0.3, -0.25) is 10.1 Å². The average molecular weight is 315 g/mol. The molecule has 1 aliphatic carbocycles. The maximum atomic E-state index is 10.9. The van der Waals surface area contributed by atoms with Crippen molar-refractivity contribution in [2.75, 3.05) is 0 Å². The third kappa shape index (κ3) is 2.29. The van der Waals surface area contributed by atoms with Crippen LogP contribution in [0, 0.1) is 10.1 Å². The molecule has 0 N–H and O–H groups in total. The first kappa shape index (κ1) is 14.6. The fourth-order valence-corrected chi connectivity index (χ4v) is 3.77. The maximum absolute atomic E-state index is 10.9. The van der Waals surface area contributed by atoms with Crippen molar-refractivity contribution in [2.24, 2.45) is 0 Å². The zero-order chi connectivity index (χ0) is 16.6. The zero-order valence-corrected chi connectivity index (χ0v) is 13.1. The molecule has 0 radical (unpaired) electrons. The van der Waals surface area contributed by atoms with E-state index in [0.29, 0.717) is 5.92 Å². The molecule has 1 aliphatic rings. The van der Waals surface area contributed by atoms with E-state index < -0.39 is 0 Å². The molecule has 0 aromatic heterocycles. The van der Waals surface area contributed by atoms with E-state index >= 15 is 0 Å². The average Bonchev–Trinajstić information content (AvgIpc) is 3.40. The summed E-state index contributed by atoms with van der Waals surface area (Å²) < 4.78 is 0. The highest BCUT2D eigenvalue weighted by molar-refractivity contribution is 5.54. The van der Waals surface area contributed by atoms with Gasteiger partial charge in [0.05, 0.1) is 4.92 Å². The van der Waals surface area contributed by atoms with Crippen LogP contribution in [-0.4, -0.2) is 4.92 Å². The molecule has 0 saturated heterocycles. The fraction of sp³-hybridized carbons (Fsp3) is 0.143. The van der Waals surface area contributed by atoms with E-state index in [4.69, 9.17) is 0 Å². The Kier molecular flexibility index (Phi) is 3.42. The SMILES string of the molecule is O=[N+]([O-])c1ccc([C@@]2(c3ccccc3)C[C@@H]2c2ccccc2)cc1. The first-order valence-corrected chi connectivity index (χ1v) is 8.07. The molecule has 0 bridgehead atoms. The molecule has 118 valence electrons. The van der Waals surface area contributed by atoms with Crippen LogP contribution in [0.3, 0.4) is 0 Å². The van der Waals surface area contributed by atoms with Gasteiger partial charge in [-0.1, -0.05) is 72.8 Å². The summed E-state index contributed by atoms with van der Waals surface area (Å²) in [5.41, 5.74) is 3.79. The Bertz CT molecular complexity index is 859. The molecule has 3 nitrogen and oxygen atoms in total. The standard InChI is InChI=1S/C21H17NO2/c23-22(24)19-13-11-18(12-14-19)21(17-9-5-2-6-10-17)15-20(21)16-7-3-1-4-8-16/h1-14,20H,15H2/t20-,21+/m1/s1. The van der Waals surface area contributed by atoms with Crippen molar-refractivity contribution < 1.29 is 4.92 Å². The predicted molar refractivity (Wildman–Crippen MR) is 94.1 cm³/mol. The summed E-state index contributed by atoms with van der Waals surface area (Å²) in [6.45, 7) is 0. The van der Waals surface area contributed by atoms with Gasteiger partial charge in [-0.15, -0.1) is 0 Å². The summed E-state index contributed by atoms with van der Waals surface area (Å²) in [6, 6.07) is 28.0. The Morgan fingerprint density at radius 1 is 0.792 bits per heavy atom. The minimum Gasteiger partial charge on any atom is -0.258 e. The van der Waals surface area contributed by atoms with E-state index in [2.05, 4.69) is 48.5 Å². The van der Waals surface area contributed by atoms with Gasteiger partial charge >= 0.3 is 0 Å². The topological polar surface area (TPSA) is 43.1 Å². The molecule has 1 fully saturated rings. The molecule has 3 aromatic rings. The molecule has 3 heteroatoms. The van der Waals surface area contributed by atoms with Crippen LogP contribution in [0.25, 0.3) is 0 Å². The van der Waals surface area contributed by atoms with Crippen LogP contribution in [0.1, 0.15) is 29.0 Å². The molecule has 24 heavy (non-hydrogen) atoms. The van der Waals surface area contributed by atoms with Gasteiger partial charge in [0.2, 0.25) is 0 Å². The second-order valence-electron chi connectivity index (χ2n) is 6.31. The van der Waals surface area contributed by atoms with Crippen LogP contribution in [0.5, 0.6) is 0 Å². The molecule has 0 spiro atoms. The first-order valence-electron chi connectivity index (χ1n) is 8.07. The number of nitrogens with zero attached hydrogens (tertiary/aromatic N) is 1. The fourth-order valence-electron chi connectivity index (χ4n) is 3.77. The van der Waals surface area contributed by atoms with Gasteiger partial charge in [0.25, 0.3) is 5.69 Å². The minimum absolute atomic E-state index is 0.0856. The van der Waals surface area contributed by atoms with Crippen molar-refractivity contribution in [3.05, 3.63) is 112 Å². The van der Waals surface area contributed by atoms with Crippen molar-refractivity contribution in [2.45, 2.75) is 17.8 Å². The van der Waals surface area contributed by atoms with E-state index in [0.717, 1.165) is 12.0 Å². The van der Waals surface area contributed by atoms with E-state index in [1.165, 1.54) is 11.1 Å².